The Morgan fingerprint density at radius 2 is 1.79 bits per heavy atom. The number of nitrogens with one attached hydrogen (secondary N) is 1. The molecule has 1 amide bonds. The van der Waals surface area contributed by atoms with Crippen LogP contribution in [0.2, 0.25) is 0 Å². The zero-order chi connectivity index (χ0) is 23.9. The third-order valence-electron chi connectivity index (χ3n) is 5.56. The molecule has 1 aliphatic heterocycles. The largest absolute Gasteiger partial charge is 0.497 e. The fraction of sp³-hybridized carbons (Fsp3) is 0.160. The minimum absolute atomic E-state index is 0.191. The summed E-state index contributed by atoms with van der Waals surface area (Å²) in [4.78, 5) is 14.4. The molecule has 34 heavy (non-hydrogen) atoms. The standard InChI is InChI=1S/C25H21NO6S2/c1-30-17-6-9-19-22(12-17)33-24(16-4-7-18(8-5-16)34(2,28)29)23(19)25(27)26-13-15-3-10-20-21(11-15)32-14-31-20/h3-12H,13-14H2,1-2H3,(H,26,27). The van der Waals surface area contributed by atoms with Crippen LogP contribution in [0.4, 0.5) is 0 Å². The summed E-state index contributed by atoms with van der Waals surface area (Å²) in [7, 11) is -1.72. The van der Waals surface area contributed by atoms with E-state index in [4.69, 9.17) is 14.2 Å². The average molecular weight is 496 g/mol. The van der Waals surface area contributed by atoms with Gasteiger partial charge in [-0.2, -0.15) is 0 Å². The van der Waals surface area contributed by atoms with Crippen molar-refractivity contribution in [3.8, 4) is 27.7 Å². The van der Waals surface area contributed by atoms with Crippen LogP contribution in [0.1, 0.15) is 15.9 Å². The Balaban J connectivity index is 1.51. The number of sulfone groups is 1. The number of rotatable bonds is 6. The van der Waals surface area contributed by atoms with Crippen LogP contribution in [-0.4, -0.2) is 34.5 Å². The van der Waals surface area contributed by atoms with E-state index in [0.29, 0.717) is 29.4 Å². The second kappa shape index (κ2) is 8.66. The van der Waals surface area contributed by atoms with E-state index in [1.807, 2.05) is 36.4 Å². The van der Waals surface area contributed by atoms with Crippen LogP contribution in [0.15, 0.2) is 65.6 Å². The topological polar surface area (TPSA) is 90.9 Å². The van der Waals surface area contributed by atoms with Gasteiger partial charge in [-0.25, -0.2) is 8.42 Å². The van der Waals surface area contributed by atoms with Gasteiger partial charge in [0.1, 0.15) is 5.75 Å². The Bertz CT molecular complexity index is 1510. The van der Waals surface area contributed by atoms with Crippen LogP contribution in [0.5, 0.6) is 17.2 Å². The molecule has 1 N–H and O–H groups in total. The predicted molar refractivity (Wildman–Crippen MR) is 131 cm³/mol. The number of amides is 1. The van der Waals surface area contributed by atoms with Crippen molar-refractivity contribution in [2.24, 2.45) is 0 Å². The van der Waals surface area contributed by atoms with Gasteiger partial charge in [0.2, 0.25) is 6.79 Å². The van der Waals surface area contributed by atoms with Gasteiger partial charge >= 0.3 is 0 Å². The minimum atomic E-state index is -3.32. The number of hydrogen-bond acceptors (Lipinski definition) is 7. The van der Waals surface area contributed by atoms with E-state index in [1.54, 1.807) is 31.4 Å². The van der Waals surface area contributed by atoms with Crippen LogP contribution < -0.4 is 19.5 Å². The maximum absolute atomic E-state index is 13.4. The molecule has 4 aromatic rings. The van der Waals surface area contributed by atoms with E-state index in [-0.39, 0.29) is 17.6 Å². The Morgan fingerprint density at radius 1 is 1.03 bits per heavy atom. The van der Waals surface area contributed by atoms with Gasteiger partial charge in [0.05, 0.1) is 17.6 Å². The highest BCUT2D eigenvalue weighted by Gasteiger charge is 2.22. The fourth-order valence-electron chi connectivity index (χ4n) is 3.81. The van der Waals surface area contributed by atoms with Crippen LogP contribution in [0, 0.1) is 0 Å². The zero-order valence-electron chi connectivity index (χ0n) is 18.5. The molecule has 174 valence electrons. The lowest BCUT2D eigenvalue weighted by molar-refractivity contribution is 0.0953. The number of ether oxygens (including phenoxy) is 3. The molecule has 2 heterocycles. The first-order valence-corrected chi connectivity index (χ1v) is 13.1. The average Bonchev–Trinajstić information content (AvgIpc) is 3.45. The Labute approximate surface area is 200 Å². The third kappa shape index (κ3) is 4.20. The van der Waals surface area contributed by atoms with E-state index in [0.717, 1.165) is 26.1 Å². The second-order valence-corrected chi connectivity index (χ2v) is 10.9. The molecular weight excluding hydrogens is 474 g/mol. The van der Waals surface area contributed by atoms with Gasteiger partial charge in [-0.3, -0.25) is 4.79 Å². The summed E-state index contributed by atoms with van der Waals surface area (Å²) >= 11 is 1.46. The fourth-order valence-corrected chi connectivity index (χ4v) is 5.67. The Kier molecular flexibility index (Phi) is 5.66. The highest BCUT2D eigenvalue weighted by atomic mass is 32.2. The van der Waals surface area contributed by atoms with Crippen LogP contribution in [0.3, 0.4) is 0 Å². The second-order valence-electron chi connectivity index (χ2n) is 7.84. The monoisotopic (exact) mass is 495 g/mol. The molecule has 0 spiro atoms. The molecule has 1 aliphatic rings. The predicted octanol–water partition coefficient (Wildman–Crippen LogP) is 4.64. The van der Waals surface area contributed by atoms with Crippen molar-refractivity contribution in [3.63, 3.8) is 0 Å². The molecule has 0 saturated carbocycles. The minimum Gasteiger partial charge on any atom is -0.497 e. The van der Waals surface area contributed by atoms with E-state index in [9.17, 15) is 13.2 Å². The van der Waals surface area contributed by atoms with Crippen molar-refractivity contribution < 1.29 is 27.4 Å². The first kappa shape index (κ1) is 22.2. The van der Waals surface area contributed by atoms with Crippen molar-refractivity contribution in [3.05, 3.63) is 71.8 Å². The number of carbonyl (C=O) groups is 1. The third-order valence-corrected chi connectivity index (χ3v) is 7.89. The van der Waals surface area contributed by atoms with Gasteiger partial charge in [0, 0.05) is 27.8 Å². The summed E-state index contributed by atoms with van der Waals surface area (Å²) in [6, 6.07) is 17.7. The molecular formula is C25H21NO6S2. The van der Waals surface area contributed by atoms with Gasteiger partial charge in [-0.05, 0) is 53.6 Å². The molecule has 9 heteroatoms. The number of methoxy groups -OCH3 is 1. The lowest BCUT2D eigenvalue weighted by atomic mass is 10.0. The number of carbonyl (C=O) groups excluding carboxylic acids is 1. The summed E-state index contributed by atoms with van der Waals surface area (Å²) < 4.78 is 40.7. The number of thiophene rings is 1. The van der Waals surface area contributed by atoms with Gasteiger partial charge in [-0.15, -0.1) is 11.3 Å². The molecule has 1 aromatic heterocycles. The first-order valence-electron chi connectivity index (χ1n) is 10.4. The number of benzene rings is 3. The van der Waals surface area contributed by atoms with Gasteiger partial charge in [0.25, 0.3) is 5.91 Å². The number of hydrogen-bond donors (Lipinski definition) is 1. The maximum Gasteiger partial charge on any atom is 0.253 e. The summed E-state index contributed by atoms with van der Waals surface area (Å²) in [5.41, 5.74) is 2.19. The molecule has 0 fully saturated rings. The summed E-state index contributed by atoms with van der Waals surface area (Å²) in [6.07, 6.45) is 1.17. The molecule has 7 nitrogen and oxygen atoms in total. The van der Waals surface area contributed by atoms with Crippen LogP contribution >= 0.6 is 11.3 Å². The van der Waals surface area contributed by atoms with Gasteiger partial charge in [-0.1, -0.05) is 18.2 Å². The van der Waals surface area contributed by atoms with Crippen molar-refractivity contribution >= 4 is 37.2 Å². The summed E-state index contributed by atoms with van der Waals surface area (Å²) in [6.45, 7) is 0.506. The van der Waals surface area contributed by atoms with Gasteiger partial charge in [0.15, 0.2) is 21.3 Å². The molecule has 3 aromatic carbocycles. The van der Waals surface area contributed by atoms with E-state index in [2.05, 4.69) is 5.32 Å². The van der Waals surface area contributed by atoms with Crippen LogP contribution in [0.25, 0.3) is 20.5 Å². The molecule has 0 radical (unpaired) electrons. The van der Waals surface area contributed by atoms with Crippen molar-refractivity contribution in [2.45, 2.75) is 11.4 Å². The zero-order valence-corrected chi connectivity index (χ0v) is 20.1. The van der Waals surface area contributed by atoms with E-state index in [1.165, 1.54) is 17.6 Å². The first-order chi connectivity index (χ1) is 16.3. The summed E-state index contributed by atoms with van der Waals surface area (Å²) in [5.74, 6) is 1.82. The van der Waals surface area contributed by atoms with E-state index < -0.39 is 9.84 Å². The summed E-state index contributed by atoms with van der Waals surface area (Å²) in [5, 5.41) is 3.81. The molecule has 0 atom stereocenters. The lowest BCUT2D eigenvalue weighted by Crippen LogP contribution is -2.23. The molecule has 5 rings (SSSR count). The lowest BCUT2D eigenvalue weighted by Gasteiger charge is -2.09. The highest BCUT2D eigenvalue weighted by molar-refractivity contribution is 7.90. The quantitative estimate of drug-likeness (QED) is 0.419. The van der Waals surface area contributed by atoms with E-state index >= 15 is 0 Å². The Hall–Kier alpha value is -3.56. The number of fused-ring (bicyclic) bond motifs is 2. The molecule has 0 bridgehead atoms. The van der Waals surface area contributed by atoms with Gasteiger partial charge < -0.3 is 19.5 Å². The highest BCUT2D eigenvalue weighted by Crippen LogP contribution is 2.40. The normalized spacial score (nSPS) is 12.6. The molecule has 0 saturated heterocycles. The van der Waals surface area contributed by atoms with Crippen molar-refractivity contribution in [1.29, 1.82) is 0 Å². The van der Waals surface area contributed by atoms with Crippen LogP contribution in [-0.2, 0) is 16.4 Å². The SMILES string of the molecule is COc1ccc2c(C(=O)NCc3ccc4c(c3)OCO4)c(-c3ccc(S(C)(=O)=O)cc3)sc2c1. The smallest absolute Gasteiger partial charge is 0.253 e. The maximum atomic E-state index is 13.4. The van der Waals surface area contributed by atoms with Crippen molar-refractivity contribution in [2.75, 3.05) is 20.2 Å². The van der Waals surface area contributed by atoms with Crippen molar-refractivity contribution in [1.82, 2.24) is 5.32 Å². The molecule has 0 unspecified atom stereocenters. The molecule has 0 aliphatic carbocycles. The Morgan fingerprint density at radius 3 is 2.53 bits per heavy atom.